The molecule has 3 nitrogen and oxygen atoms in total. The number of halogens is 1. The van der Waals surface area contributed by atoms with E-state index in [0.29, 0.717) is 5.69 Å². The van der Waals surface area contributed by atoms with Gasteiger partial charge in [-0.25, -0.2) is 0 Å². The lowest BCUT2D eigenvalue weighted by molar-refractivity contribution is 0.616. The molecule has 0 atom stereocenters. The number of hydrogen-bond acceptors (Lipinski definition) is 2. The van der Waals surface area contributed by atoms with Crippen LogP contribution in [0.5, 0.6) is 0 Å². The molecule has 0 aliphatic rings. The van der Waals surface area contributed by atoms with Crippen LogP contribution in [-0.2, 0) is 8.46 Å². The number of benzene rings is 1. The first-order chi connectivity index (χ1) is 5.08. The summed E-state index contributed by atoms with van der Waals surface area (Å²) in [7, 11) is -3.33. The van der Waals surface area contributed by atoms with Crippen LogP contribution in [0.4, 0.5) is 5.69 Å². The molecule has 0 saturated carbocycles. The summed E-state index contributed by atoms with van der Waals surface area (Å²) in [5.74, 6) is 0. The molecule has 1 aromatic carbocycles. The zero-order chi connectivity index (χ0) is 8.32. The summed E-state index contributed by atoms with van der Waals surface area (Å²) in [6, 6.07) is 9.24. The minimum Gasteiger partial charge on any atom is -0.275 e. The van der Waals surface area contributed by atoms with Gasteiger partial charge in [0.25, 0.3) is 8.46 Å². The van der Waals surface area contributed by atoms with Gasteiger partial charge < -0.3 is 0 Å². The average Bonchev–Trinajstić information content (AvgIpc) is 1.85. The standard InChI is InChI=1S/C6H5BrNO2S/c7-11(9,10)8-6-4-2-1-3-5-6/h2-5,8H. The molecule has 11 heavy (non-hydrogen) atoms. The third-order valence-electron chi connectivity index (χ3n) is 0.958. The summed E-state index contributed by atoms with van der Waals surface area (Å²) in [5.41, 5.74) is 0.514. The van der Waals surface area contributed by atoms with Crippen molar-refractivity contribution in [1.82, 2.24) is 0 Å². The fourth-order valence-electron chi connectivity index (χ4n) is 0.596. The van der Waals surface area contributed by atoms with E-state index in [9.17, 15) is 8.42 Å². The summed E-state index contributed by atoms with van der Waals surface area (Å²) < 4.78 is 23.4. The van der Waals surface area contributed by atoms with Crippen LogP contribution in [0.1, 0.15) is 0 Å². The molecule has 0 bridgehead atoms. The van der Waals surface area contributed by atoms with Gasteiger partial charge in [0, 0.05) is 5.69 Å². The Hall–Kier alpha value is -0.550. The molecule has 0 fully saturated rings. The zero-order valence-electron chi connectivity index (χ0n) is 5.41. The minimum atomic E-state index is -3.33. The van der Waals surface area contributed by atoms with Gasteiger partial charge in [0.15, 0.2) is 0 Å². The van der Waals surface area contributed by atoms with Gasteiger partial charge in [0.05, 0.1) is 14.8 Å². The van der Waals surface area contributed by atoms with Gasteiger partial charge in [-0.3, -0.25) is 4.72 Å². The van der Waals surface area contributed by atoms with Gasteiger partial charge in [-0.15, -0.1) is 0 Å². The van der Waals surface area contributed by atoms with Gasteiger partial charge in [0.1, 0.15) is 0 Å². The molecule has 0 heterocycles. The van der Waals surface area contributed by atoms with E-state index < -0.39 is 8.46 Å². The highest BCUT2D eigenvalue weighted by Crippen LogP contribution is 2.10. The molecule has 0 saturated heterocycles. The van der Waals surface area contributed by atoms with E-state index >= 15 is 0 Å². The highest BCUT2D eigenvalue weighted by atomic mass is 79.9. The van der Waals surface area contributed by atoms with Crippen LogP contribution in [0.25, 0.3) is 0 Å². The smallest absolute Gasteiger partial charge is 0.275 e. The third kappa shape index (κ3) is 3.38. The van der Waals surface area contributed by atoms with E-state index in [0.717, 1.165) is 0 Å². The lowest BCUT2D eigenvalue weighted by Crippen LogP contribution is -2.02. The highest BCUT2D eigenvalue weighted by molar-refractivity contribution is 9.47. The Bertz CT molecular complexity index is 322. The summed E-state index contributed by atoms with van der Waals surface area (Å²) in [6.45, 7) is 0. The maximum absolute atomic E-state index is 10.6. The van der Waals surface area contributed by atoms with Crippen molar-refractivity contribution in [2.75, 3.05) is 4.72 Å². The first-order valence-corrected chi connectivity index (χ1v) is 6.09. The maximum Gasteiger partial charge on any atom is 0.293 e. The lowest BCUT2D eigenvalue weighted by atomic mass is 10.3. The highest BCUT2D eigenvalue weighted by Gasteiger charge is 2.01. The van der Waals surface area contributed by atoms with Crippen molar-refractivity contribution in [1.29, 1.82) is 0 Å². The fraction of sp³-hybridized carbons (Fsp3) is 0. The normalized spacial score (nSPS) is 11.0. The van der Waals surface area contributed by atoms with Crippen molar-refractivity contribution in [3.8, 4) is 0 Å². The zero-order valence-corrected chi connectivity index (χ0v) is 7.81. The Kier molecular flexibility index (Phi) is 2.51. The van der Waals surface area contributed by atoms with E-state index in [-0.39, 0.29) is 0 Å². The first kappa shape index (κ1) is 8.55. The molecule has 0 amide bonds. The van der Waals surface area contributed by atoms with Crippen LogP contribution in [0, 0.1) is 6.07 Å². The number of hydrogen-bond donors (Lipinski definition) is 1. The molecular weight excluding hydrogens is 230 g/mol. The van der Waals surface area contributed by atoms with Crippen LogP contribution in [0.2, 0.25) is 0 Å². The van der Waals surface area contributed by atoms with Crippen molar-refractivity contribution >= 4 is 29.0 Å². The van der Waals surface area contributed by atoms with Gasteiger partial charge in [-0.2, -0.15) is 8.42 Å². The van der Waals surface area contributed by atoms with E-state index in [1.165, 1.54) is 0 Å². The van der Waals surface area contributed by atoms with Crippen LogP contribution < -0.4 is 4.72 Å². The first-order valence-electron chi connectivity index (χ1n) is 2.76. The average molecular weight is 235 g/mol. The topological polar surface area (TPSA) is 46.2 Å². The molecule has 1 rings (SSSR count). The minimum absolute atomic E-state index is 0.514. The second kappa shape index (κ2) is 3.23. The van der Waals surface area contributed by atoms with Crippen molar-refractivity contribution in [2.24, 2.45) is 0 Å². The summed E-state index contributed by atoms with van der Waals surface area (Å²) in [5, 5.41) is 0. The predicted molar refractivity (Wildman–Crippen MR) is 46.7 cm³/mol. The molecule has 5 heteroatoms. The molecule has 59 valence electrons. The Morgan fingerprint density at radius 3 is 2.36 bits per heavy atom. The molecule has 0 spiro atoms. The number of nitrogens with one attached hydrogen (secondary N) is 1. The van der Waals surface area contributed by atoms with Crippen LogP contribution >= 0.6 is 14.8 Å². The Balaban J connectivity index is 2.82. The van der Waals surface area contributed by atoms with Gasteiger partial charge >= 0.3 is 0 Å². The second-order valence-corrected chi connectivity index (χ2v) is 5.47. The monoisotopic (exact) mass is 234 g/mol. The summed E-state index contributed by atoms with van der Waals surface area (Å²) >= 11 is 2.47. The molecule has 0 unspecified atom stereocenters. The Morgan fingerprint density at radius 2 is 1.91 bits per heavy atom. The van der Waals surface area contributed by atoms with Crippen molar-refractivity contribution in [3.05, 3.63) is 30.3 Å². The van der Waals surface area contributed by atoms with E-state index in [2.05, 4.69) is 25.6 Å². The van der Waals surface area contributed by atoms with E-state index in [4.69, 9.17) is 0 Å². The molecule has 1 N–H and O–H groups in total. The molecule has 0 aliphatic carbocycles. The maximum atomic E-state index is 10.6. The molecule has 1 aromatic rings. The van der Waals surface area contributed by atoms with Gasteiger partial charge in [-0.1, -0.05) is 12.1 Å². The predicted octanol–water partition coefficient (Wildman–Crippen LogP) is 1.54. The van der Waals surface area contributed by atoms with Crippen molar-refractivity contribution in [3.63, 3.8) is 0 Å². The largest absolute Gasteiger partial charge is 0.293 e. The van der Waals surface area contributed by atoms with Crippen molar-refractivity contribution in [2.45, 2.75) is 0 Å². The number of rotatable bonds is 2. The van der Waals surface area contributed by atoms with Crippen LogP contribution in [0.3, 0.4) is 0 Å². The SMILES string of the molecule is O=S(=O)(Br)Nc1cc[c]cc1. The van der Waals surface area contributed by atoms with Crippen LogP contribution in [-0.4, -0.2) is 8.42 Å². The Morgan fingerprint density at radius 1 is 1.36 bits per heavy atom. The molecule has 0 aliphatic heterocycles. The summed E-state index contributed by atoms with van der Waals surface area (Å²) in [6.07, 6.45) is 0. The molecule has 1 radical (unpaired) electrons. The number of anilines is 1. The second-order valence-electron chi connectivity index (χ2n) is 1.83. The lowest BCUT2D eigenvalue weighted by Gasteiger charge is -1.99. The van der Waals surface area contributed by atoms with Gasteiger partial charge in [0.2, 0.25) is 0 Å². The van der Waals surface area contributed by atoms with E-state index in [1.807, 2.05) is 0 Å². The molecule has 0 aromatic heterocycles. The summed E-state index contributed by atoms with van der Waals surface area (Å²) in [4.78, 5) is 0. The fourth-order valence-corrected chi connectivity index (χ4v) is 1.57. The third-order valence-corrected chi connectivity index (χ3v) is 1.92. The van der Waals surface area contributed by atoms with E-state index in [1.54, 1.807) is 24.3 Å². The van der Waals surface area contributed by atoms with Crippen molar-refractivity contribution < 1.29 is 8.42 Å². The van der Waals surface area contributed by atoms with Crippen LogP contribution in [0.15, 0.2) is 24.3 Å². The van der Waals surface area contributed by atoms with Gasteiger partial charge in [-0.05, 0) is 18.2 Å². The Labute approximate surface area is 72.7 Å². The quantitative estimate of drug-likeness (QED) is 0.790. The molecular formula is C6H5BrNO2S.